The first kappa shape index (κ1) is 12.7. The summed E-state index contributed by atoms with van der Waals surface area (Å²) in [7, 11) is 1.50. The number of nitrogens with one attached hydrogen (secondary N) is 1. The van der Waals surface area contributed by atoms with Crippen LogP contribution in [0.15, 0.2) is 24.3 Å². The number of hydrogen-bond acceptors (Lipinski definition) is 3. The van der Waals surface area contributed by atoms with Crippen LogP contribution < -0.4 is 4.74 Å². The number of rotatable bonds is 3. The smallest absolute Gasteiger partial charge is 0.136 e. The number of aromatic amines is 1. The first-order chi connectivity index (χ1) is 8.63. The minimum atomic E-state index is -0.353. The predicted octanol–water partition coefficient (Wildman–Crippen LogP) is 3.52. The number of halogens is 1. The molecule has 0 radical (unpaired) electrons. The van der Waals surface area contributed by atoms with Gasteiger partial charge in [-0.1, -0.05) is 19.1 Å². The van der Waals surface area contributed by atoms with Crippen molar-refractivity contribution in [1.29, 1.82) is 0 Å². The van der Waals surface area contributed by atoms with Crippen LogP contribution in [0.3, 0.4) is 0 Å². The molecule has 0 aliphatic heterocycles. The van der Waals surface area contributed by atoms with E-state index in [1.807, 2.05) is 6.92 Å². The van der Waals surface area contributed by atoms with Crippen LogP contribution in [-0.2, 0) is 6.42 Å². The second kappa shape index (κ2) is 5.27. The highest BCUT2D eigenvalue weighted by Gasteiger charge is 2.08. The Balaban J connectivity index is 2.54. The summed E-state index contributed by atoms with van der Waals surface area (Å²) in [4.78, 5) is 7.22. The number of aromatic nitrogens is 2. The SMILES string of the molecule is CCc1nc(=S)cc(-c2ccc(OC)cc2F)[nH]1. The molecular weight excluding hydrogens is 251 g/mol. The van der Waals surface area contributed by atoms with Crippen molar-refractivity contribution >= 4 is 12.2 Å². The average molecular weight is 264 g/mol. The number of aryl methyl sites for hydroxylation is 1. The molecule has 1 aromatic carbocycles. The molecule has 3 nitrogen and oxygen atoms in total. The van der Waals surface area contributed by atoms with Gasteiger partial charge in [0, 0.05) is 18.1 Å². The maximum Gasteiger partial charge on any atom is 0.136 e. The zero-order valence-electron chi connectivity index (χ0n) is 10.2. The molecule has 0 atom stereocenters. The van der Waals surface area contributed by atoms with Crippen LogP contribution in [0.4, 0.5) is 4.39 Å². The van der Waals surface area contributed by atoms with Gasteiger partial charge in [0.2, 0.25) is 0 Å². The van der Waals surface area contributed by atoms with Crippen LogP contribution in [0.25, 0.3) is 11.3 Å². The van der Waals surface area contributed by atoms with E-state index in [1.165, 1.54) is 13.2 Å². The number of benzene rings is 1. The molecule has 0 saturated carbocycles. The average Bonchev–Trinajstić information content (AvgIpc) is 2.37. The van der Waals surface area contributed by atoms with Gasteiger partial charge in [-0.15, -0.1) is 0 Å². The van der Waals surface area contributed by atoms with Gasteiger partial charge in [0.15, 0.2) is 0 Å². The normalized spacial score (nSPS) is 10.4. The van der Waals surface area contributed by atoms with Gasteiger partial charge in [0.25, 0.3) is 0 Å². The van der Waals surface area contributed by atoms with Crippen molar-refractivity contribution in [3.8, 4) is 17.0 Å². The summed E-state index contributed by atoms with van der Waals surface area (Å²) in [6, 6.07) is 6.37. The molecule has 0 fully saturated rings. The zero-order valence-corrected chi connectivity index (χ0v) is 11.0. The fraction of sp³-hybridized carbons (Fsp3) is 0.231. The molecule has 0 aliphatic carbocycles. The van der Waals surface area contributed by atoms with Crippen LogP contribution in [0.2, 0.25) is 0 Å². The van der Waals surface area contributed by atoms with E-state index in [4.69, 9.17) is 17.0 Å². The highest BCUT2D eigenvalue weighted by molar-refractivity contribution is 7.71. The number of ether oxygens (including phenoxy) is 1. The van der Waals surface area contributed by atoms with Crippen LogP contribution in [0, 0.1) is 10.5 Å². The Morgan fingerprint density at radius 1 is 1.39 bits per heavy atom. The van der Waals surface area contributed by atoms with E-state index in [-0.39, 0.29) is 5.82 Å². The molecular formula is C13H13FN2OS. The lowest BCUT2D eigenvalue weighted by Gasteiger charge is -2.07. The third-order valence-corrected chi connectivity index (χ3v) is 2.80. The van der Waals surface area contributed by atoms with Crippen molar-refractivity contribution in [2.75, 3.05) is 7.11 Å². The van der Waals surface area contributed by atoms with Crippen molar-refractivity contribution in [2.45, 2.75) is 13.3 Å². The molecule has 5 heteroatoms. The highest BCUT2D eigenvalue weighted by Crippen LogP contribution is 2.24. The van der Waals surface area contributed by atoms with E-state index in [9.17, 15) is 4.39 Å². The number of methoxy groups -OCH3 is 1. The molecule has 0 spiro atoms. The van der Waals surface area contributed by atoms with Gasteiger partial charge in [-0.05, 0) is 18.2 Å². The lowest BCUT2D eigenvalue weighted by Crippen LogP contribution is -1.97. The van der Waals surface area contributed by atoms with E-state index in [2.05, 4.69) is 9.97 Å². The minimum absolute atomic E-state index is 0.353. The van der Waals surface area contributed by atoms with Crippen LogP contribution in [0.1, 0.15) is 12.7 Å². The van der Waals surface area contributed by atoms with Gasteiger partial charge < -0.3 is 9.72 Å². The quantitative estimate of drug-likeness (QED) is 0.862. The van der Waals surface area contributed by atoms with Crippen LogP contribution in [0.5, 0.6) is 5.75 Å². The zero-order chi connectivity index (χ0) is 13.1. The van der Waals surface area contributed by atoms with Gasteiger partial charge in [-0.3, -0.25) is 0 Å². The van der Waals surface area contributed by atoms with E-state index in [1.54, 1.807) is 18.2 Å². The van der Waals surface area contributed by atoms with Crippen LogP contribution >= 0.6 is 12.2 Å². The second-order valence-corrected chi connectivity index (χ2v) is 4.20. The molecule has 2 aromatic rings. The fourth-order valence-corrected chi connectivity index (χ4v) is 1.89. The lowest BCUT2D eigenvalue weighted by molar-refractivity contribution is 0.411. The summed E-state index contributed by atoms with van der Waals surface area (Å²) in [5.74, 6) is 0.876. The Morgan fingerprint density at radius 3 is 2.78 bits per heavy atom. The van der Waals surface area contributed by atoms with Crippen molar-refractivity contribution in [3.05, 3.63) is 40.5 Å². The Kier molecular flexibility index (Phi) is 3.72. The summed E-state index contributed by atoms with van der Waals surface area (Å²) in [6.07, 6.45) is 0.718. The van der Waals surface area contributed by atoms with E-state index in [0.29, 0.717) is 21.6 Å². The van der Waals surface area contributed by atoms with Crippen LogP contribution in [-0.4, -0.2) is 17.1 Å². The summed E-state index contributed by atoms with van der Waals surface area (Å²) in [5.41, 5.74) is 1.09. The van der Waals surface area contributed by atoms with Gasteiger partial charge in [0.1, 0.15) is 22.0 Å². The topological polar surface area (TPSA) is 37.9 Å². The summed E-state index contributed by atoms with van der Waals surface area (Å²) < 4.78 is 19.4. The number of H-pyrrole nitrogens is 1. The highest BCUT2D eigenvalue weighted by atomic mass is 32.1. The summed E-state index contributed by atoms with van der Waals surface area (Å²) in [5, 5.41) is 0. The monoisotopic (exact) mass is 264 g/mol. The standard InChI is InChI=1S/C13H13FN2OS/c1-3-12-15-11(7-13(18)16-12)9-5-4-8(17-2)6-10(9)14/h4-7H,3H2,1-2H3,(H,15,16,18). The van der Waals surface area contributed by atoms with Crippen molar-refractivity contribution < 1.29 is 9.13 Å². The number of hydrogen-bond donors (Lipinski definition) is 1. The Labute approximate surface area is 110 Å². The van der Waals surface area contributed by atoms with Crippen molar-refractivity contribution in [2.24, 2.45) is 0 Å². The van der Waals surface area contributed by atoms with E-state index < -0.39 is 0 Å². The molecule has 0 unspecified atom stereocenters. The lowest BCUT2D eigenvalue weighted by atomic mass is 10.1. The molecule has 1 aromatic heterocycles. The maximum absolute atomic E-state index is 13.9. The fourth-order valence-electron chi connectivity index (χ4n) is 1.66. The Bertz CT molecular complexity index is 625. The molecule has 0 saturated heterocycles. The third kappa shape index (κ3) is 2.56. The Hall–Kier alpha value is -1.75. The predicted molar refractivity (Wildman–Crippen MR) is 70.7 cm³/mol. The van der Waals surface area contributed by atoms with Gasteiger partial charge in [0.05, 0.1) is 12.8 Å². The molecule has 18 heavy (non-hydrogen) atoms. The summed E-state index contributed by atoms with van der Waals surface area (Å²) in [6.45, 7) is 1.96. The molecule has 0 bridgehead atoms. The molecule has 0 aliphatic rings. The Morgan fingerprint density at radius 2 is 2.17 bits per heavy atom. The van der Waals surface area contributed by atoms with Gasteiger partial charge >= 0.3 is 0 Å². The maximum atomic E-state index is 13.9. The first-order valence-corrected chi connectivity index (χ1v) is 5.99. The second-order valence-electron chi connectivity index (χ2n) is 3.78. The minimum Gasteiger partial charge on any atom is -0.497 e. The molecule has 1 N–H and O–H groups in total. The van der Waals surface area contributed by atoms with E-state index >= 15 is 0 Å². The number of nitrogens with zero attached hydrogens (tertiary/aromatic N) is 1. The molecule has 94 valence electrons. The largest absolute Gasteiger partial charge is 0.497 e. The summed E-state index contributed by atoms with van der Waals surface area (Å²) >= 11 is 5.07. The molecule has 2 rings (SSSR count). The van der Waals surface area contributed by atoms with Crippen molar-refractivity contribution in [3.63, 3.8) is 0 Å². The van der Waals surface area contributed by atoms with Crippen molar-refractivity contribution in [1.82, 2.24) is 9.97 Å². The van der Waals surface area contributed by atoms with Gasteiger partial charge in [-0.25, -0.2) is 9.37 Å². The third-order valence-electron chi connectivity index (χ3n) is 2.59. The van der Waals surface area contributed by atoms with E-state index in [0.717, 1.165) is 12.2 Å². The van der Waals surface area contributed by atoms with Gasteiger partial charge in [-0.2, -0.15) is 0 Å². The molecule has 0 amide bonds. The first-order valence-electron chi connectivity index (χ1n) is 5.58. The molecule has 1 heterocycles.